The van der Waals surface area contributed by atoms with Crippen molar-refractivity contribution in [1.29, 1.82) is 0 Å². The van der Waals surface area contributed by atoms with Crippen LogP contribution in [0.4, 0.5) is 0 Å². The van der Waals surface area contributed by atoms with Crippen LogP contribution in [0.25, 0.3) is 0 Å². The molecule has 0 aromatic heterocycles. The quantitative estimate of drug-likeness (QED) is 0.902. The zero-order valence-corrected chi connectivity index (χ0v) is 12.8. The van der Waals surface area contributed by atoms with Gasteiger partial charge in [0, 0.05) is 18.6 Å². The van der Waals surface area contributed by atoms with E-state index in [0.717, 1.165) is 6.54 Å². The number of piperidine rings is 1. The van der Waals surface area contributed by atoms with Gasteiger partial charge in [-0.2, -0.15) is 0 Å². The molecule has 19 heavy (non-hydrogen) atoms. The summed E-state index contributed by atoms with van der Waals surface area (Å²) in [5.74, 6) is 0.716. The van der Waals surface area contributed by atoms with E-state index in [1.807, 2.05) is 0 Å². The maximum absolute atomic E-state index is 6.01. The molecule has 2 N–H and O–H groups in total. The third-order valence-electron chi connectivity index (χ3n) is 4.91. The summed E-state index contributed by atoms with van der Waals surface area (Å²) in [4.78, 5) is 2.61. The van der Waals surface area contributed by atoms with Gasteiger partial charge in [-0.3, -0.25) is 4.90 Å². The number of aryl methyl sites for hydroxylation is 2. The van der Waals surface area contributed by atoms with E-state index in [9.17, 15) is 0 Å². The van der Waals surface area contributed by atoms with E-state index in [1.165, 1.54) is 36.1 Å². The summed E-state index contributed by atoms with van der Waals surface area (Å²) in [7, 11) is 0. The van der Waals surface area contributed by atoms with E-state index in [0.29, 0.717) is 18.0 Å². The molecule has 2 heteroatoms. The minimum Gasteiger partial charge on any atom is -0.329 e. The van der Waals surface area contributed by atoms with Gasteiger partial charge in [-0.15, -0.1) is 0 Å². The SMILES string of the molecule is Cc1ccc(C(C)N2CCCC(C)C2CN)cc1C. The fourth-order valence-corrected chi connectivity index (χ4v) is 3.35. The zero-order chi connectivity index (χ0) is 14.0. The van der Waals surface area contributed by atoms with Gasteiger partial charge < -0.3 is 5.73 Å². The Morgan fingerprint density at radius 2 is 2.05 bits per heavy atom. The summed E-state index contributed by atoms with van der Waals surface area (Å²) >= 11 is 0. The molecule has 1 saturated heterocycles. The average Bonchev–Trinajstić information content (AvgIpc) is 2.40. The molecular formula is C17H28N2. The first kappa shape index (κ1) is 14.5. The van der Waals surface area contributed by atoms with Crippen LogP contribution in [-0.2, 0) is 0 Å². The second-order valence-corrected chi connectivity index (χ2v) is 6.18. The van der Waals surface area contributed by atoms with Crippen molar-refractivity contribution in [3.05, 3.63) is 34.9 Å². The number of benzene rings is 1. The lowest BCUT2D eigenvalue weighted by Gasteiger charge is -2.43. The van der Waals surface area contributed by atoms with E-state index < -0.39 is 0 Å². The van der Waals surface area contributed by atoms with E-state index in [4.69, 9.17) is 5.73 Å². The smallest absolute Gasteiger partial charge is 0.0323 e. The summed E-state index contributed by atoms with van der Waals surface area (Å²) in [6.45, 7) is 11.0. The molecule has 0 spiro atoms. The molecule has 1 fully saturated rings. The first-order valence-corrected chi connectivity index (χ1v) is 7.57. The molecule has 0 aliphatic carbocycles. The highest BCUT2D eigenvalue weighted by molar-refractivity contribution is 5.31. The van der Waals surface area contributed by atoms with Crippen molar-refractivity contribution in [2.45, 2.75) is 52.6 Å². The Kier molecular flexibility index (Phi) is 4.64. The van der Waals surface area contributed by atoms with E-state index in [1.54, 1.807) is 0 Å². The highest BCUT2D eigenvalue weighted by Crippen LogP contribution is 2.31. The normalized spacial score (nSPS) is 26.4. The largest absolute Gasteiger partial charge is 0.329 e. The predicted molar refractivity (Wildman–Crippen MR) is 82.3 cm³/mol. The predicted octanol–water partition coefficient (Wildman–Crippen LogP) is 3.42. The van der Waals surface area contributed by atoms with Gasteiger partial charge in [0.25, 0.3) is 0 Å². The molecule has 1 aromatic rings. The summed E-state index contributed by atoms with van der Waals surface area (Å²) in [5.41, 5.74) is 10.2. The van der Waals surface area contributed by atoms with Crippen molar-refractivity contribution in [3.8, 4) is 0 Å². The first-order valence-electron chi connectivity index (χ1n) is 7.57. The summed E-state index contributed by atoms with van der Waals surface area (Å²) in [5, 5.41) is 0. The third kappa shape index (κ3) is 3.01. The van der Waals surface area contributed by atoms with Crippen LogP contribution in [0.15, 0.2) is 18.2 Å². The van der Waals surface area contributed by atoms with Gasteiger partial charge in [-0.1, -0.05) is 25.1 Å². The number of rotatable bonds is 3. The lowest BCUT2D eigenvalue weighted by molar-refractivity contribution is 0.0689. The highest BCUT2D eigenvalue weighted by atomic mass is 15.2. The highest BCUT2D eigenvalue weighted by Gasteiger charge is 2.30. The van der Waals surface area contributed by atoms with Gasteiger partial charge in [-0.25, -0.2) is 0 Å². The number of hydrogen-bond acceptors (Lipinski definition) is 2. The van der Waals surface area contributed by atoms with Gasteiger partial charge in [0.15, 0.2) is 0 Å². The van der Waals surface area contributed by atoms with Crippen molar-refractivity contribution in [1.82, 2.24) is 4.90 Å². The molecule has 1 aliphatic heterocycles. The van der Waals surface area contributed by atoms with Gasteiger partial charge >= 0.3 is 0 Å². The Hall–Kier alpha value is -0.860. The number of likely N-dealkylation sites (tertiary alicyclic amines) is 1. The molecule has 1 aromatic carbocycles. The van der Waals surface area contributed by atoms with Crippen molar-refractivity contribution in [2.75, 3.05) is 13.1 Å². The summed E-state index contributed by atoms with van der Waals surface area (Å²) in [6, 6.07) is 7.86. The molecule has 106 valence electrons. The van der Waals surface area contributed by atoms with Crippen molar-refractivity contribution >= 4 is 0 Å². The third-order valence-corrected chi connectivity index (χ3v) is 4.91. The van der Waals surface area contributed by atoms with Crippen LogP contribution in [0.1, 0.15) is 49.4 Å². The molecule has 3 atom stereocenters. The Morgan fingerprint density at radius 3 is 2.68 bits per heavy atom. The maximum atomic E-state index is 6.01. The van der Waals surface area contributed by atoms with Crippen molar-refractivity contribution in [2.24, 2.45) is 11.7 Å². The first-order chi connectivity index (χ1) is 9.04. The zero-order valence-electron chi connectivity index (χ0n) is 12.8. The molecule has 0 radical (unpaired) electrons. The minimum atomic E-state index is 0.468. The number of nitrogens with zero attached hydrogens (tertiary/aromatic N) is 1. The second-order valence-electron chi connectivity index (χ2n) is 6.18. The van der Waals surface area contributed by atoms with Gasteiger partial charge in [0.2, 0.25) is 0 Å². The van der Waals surface area contributed by atoms with E-state index in [2.05, 4.69) is 50.8 Å². The molecule has 0 saturated carbocycles. The molecule has 2 nitrogen and oxygen atoms in total. The minimum absolute atomic E-state index is 0.468. The van der Waals surface area contributed by atoms with Crippen LogP contribution in [0.5, 0.6) is 0 Å². The Balaban J connectivity index is 2.21. The lowest BCUT2D eigenvalue weighted by Crippen LogP contribution is -2.49. The fourth-order valence-electron chi connectivity index (χ4n) is 3.35. The molecular weight excluding hydrogens is 232 g/mol. The fraction of sp³-hybridized carbons (Fsp3) is 0.647. The maximum Gasteiger partial charge on any atom is 0.0323 e. The Bertz CT molecular complexity index is 427. The van der Waals surface area contributed by atoms with Crippen LogP contribution < -0.4 is 5.73 Å². The Morgan fingerprint density at radius 1 is 1.32 bits per heavy atom. The summed E-state index contributed by atoms with van der Waals surface area (Å²) < 4.78 is 0. The van der Waals surface area contributed by atoms with Crippen LogP contribution in [-0.4, -0.2) is 24.0 Å². The van der Waals surface area contributed by atoms with Gasteiger partial charge in [0.1, 0.15) is 0 Å². The van der Waals surface area contributed by atoms with Crippen molar-refractivity contribution in [3.63, 3.8) is 0 Å². The number of hydrogen-bond donors (Lipinski definition) is 1. The second kappa shape index (κ2) is 6.06. The van der Waals surface area contributed by atoms with Crippen molar-refractivity contribution < 1.29 is 0 Å². The topological polar surface area (TPSA) is 29.3 Å². The molecule has 0 bridgehead atoms. The molecule has 1 aliphatic rings. The monoisotopic (exact) mass is 260 g/mol. The molecule has 1 heterocycles. The Labute approximate surface area is 118 Å². The number of nitrogens with two attached hydrogens (primary N) is 1. The van der Waals surface area contributed by atoms with E-state index in [-0.39, 0.29) is 0 Å². The standard InChI is InChI=1S/C17H28N2/c1-12-7-8-16(10-14(12)3)15(4)19-9-5-6-13(2)17(19)11-18/h7-8,10,13,15,17H,5-6,9,11,18H2,1-4H3. The lowest BCUT2D eigenvalue weighted by atomic mass is 9.88. The van der Waals surface area contributed by atoms with Crippen LogP contribution in [0, 0.1) is 19.8 Å². The summed E-state index contributed by atoms with van der Waals surface area (Å²) in [6.07, 6.45) is 2.62. The van der Waals surface area contributed by atoms with Gasteiger partial charge in [0.05, 0.1) is 0 Å². The van der Waals surface area contributed by atoms with Crippen LogP contribution in [0.3, 0.4) is 0 Å². The van der Waals surface area contributed by atoms with E-state index >= 15 is 0 Å². The average molecular weight is 260 g/mol. The van der Waals surface area contributed by atoms with Crippen LogP contribution >= 0.6 is 0 Å². The molecule has 0 amide bonds. The molecule has 2 rings (SSSR count). The van der Waals surface area contributed by atoms with Crippen LogP contribution in [0.2, 0.25) is 0 Å². The van der Waals surface area contributed by atoms with Gasteiger partial charge in [-0.05, 0) is 62.8 Å². The molecule has 3 unspecified atom stereocenters.